The van der Waals surface area contributed by atoms with Gasteiger partial charge in [-0.15, -0.1) is 0 Å². The van der Waals surface area contributed by atoms with Crippen molar-refractivity contribution in [3.63, 3.8) is 0 Å². The van der Waals surface area contributed by atoms with Crippen molar-refractivity contribution in [2.75, 3.05) is 16.7 Å². The zero-order chi connectivity index (χ0) is 18.0. The second-order valence-corrected chi connectivity index (χ2v) is 7.82. The molecule has 130 valence electrons. The van der Waals surface area contributed by atoms with Crippen molar-refractivity contribution < 1.29 is 8.96 Å². The minimum Gasteiger partial charge on any atom is -0.373 e. The number of para-hydroxylation sites is 2. The molecule has 25 heavy (non-hydrogen) atoms. The molecule has 0 radical (unpaired) electrons. The molecule has 0 bridgehead atoms. The first kappa shape index (κ1) is 16.4. The molecule has 2 aliphatic rings. The van der Waals surface area contributed by atoms with Crippen LogP contribution < -0.4 is 14.2 Å². The first-order valence-electron chi connectivity index (χ1n) is 9.22. The van der Waals surface area contributed by atoms with E-state index in [9.17, 15) is 4.39 Å². The summed E-state index contributed by atoms with van der Waals surface area (Å²) in [5.74, 6) is 0.889. The van der Waals surface area contributed by atoms with Crippen LogP contribution in [0.4, 0.5) is 21.6 Å². The highest BCUT2D eigenvalue weighted by molar-refractivity contribution is 6.74. The van der Waals surface area contributed by atoms with E-state index in [1.165, 1.54) is 11.4 Å². The molecule has 5 heteroatoms. The molecular formula is C20H26BFN3+. The highest BCUT2D eigenvalue weighted by Crippen LogP contribution is 2.58. The molecule has 3 nitrogen and oxygen atoms in total. The van der Waals surface area contributed by atoms with E-state index in [2.05, 4.69) is 73.2 Å². The van der Waals surface area contributed by atoms with Crippen LogP contribution in [0.5, 0.6) is 0 Å². The predicted molar refractivity (Wildman–Crippen MR) is 102 cm³/mol. The smallest absolute Gasteiger partial charge is 0.373 e. The monoisotopic (exact) mass is 338 g/mol. The number of fused-ring (bicyclic) bond motifs is 5. The largest absolute Gasteiger partial charge is 0.512 e. The number of nitrogens with zero attached hydrogens (tertiary/aromatic N) is 3. The highest BCUT2D eigenvalue weighted by atomic mass is 19.1. The molecule has 0 saturated carbocycles. The molecule has 0 aliphatic carbocycles. The number of benzene rings is 1. The molecule has 0 saturated heterocycles. The number of hydrogen-bond donors (Lipinski definition) is 0. The first-order chi connectivity index (χ1) is 11.9. The number of rotatable bonds is 2. The Morgan fingerprint density at radius 1 is 1.04 bits per heavy atom. The Balaban J connectivity index is 2.08. The second-order valence-electron chi connectivity index (χ2n) is 7.82. The zero-order valence-corrected chi connectivity index (χ0v) is 15.8. The molecule has 2 aromatic rings. The lowest BCUT2D eigenvalue weighted by Crippen LogP contribution is -2.74. The number of pyridine rings is 1. The van der Waals surface area contributed by atoms with Gasteiger partial charge in [0.05, 0.1) is 11.0 Å². The van der Waals surface area contributed by atoms with Crippen LogP contribution in [0.15, 0.2) is 42.6 Å². The Morgan fingerprint density at radius 2 is 1.72 bits per heavy atom. The van der Waals surface area contributed by atoms with Gasteiger partial charge >= 0.3 is 6.98 Å². The minimum absolute atomic E-state index is 0.0407. The van der Waals surface area contributed by atoms with Crippen molar-refractivity contribution in [3.8, 4) is 0 Å². The van der Waals surface area contributed by atoms with Crippen LogP contribution in [0.1, 0.15) is 40.5 Å². The summed E-state index contributed by atoms with van der Waals surface area (Å²) in [4.78, 5) is 4.80. The van der Waals surface area contributed by atoms with Crippen molar-refractivity contribution in [1.82, 2.24) is 0 Å². The summed E-state index contributed by atoms with van der Waals surface area (Å²) in [5, 5.41) is -0.0407. The summed E-state index contributed by atoms with van der Waals surface area (Å²) in [6, 6.07) is 12.0. The zero-order valence-electron chi connectivity index (χ0n) is 15.8. The first-order valence-corrected chi connectivity index (χ1v) is 9.22. The highest BCUT2D eigenvalue weighted by Gasteiger charge is 2.69. The third kappa shape index (κ3) is 1.84. The van der Waals surface area contributed by atoms with Gasteiger partial charge in [-0.2, -0.15) is 0 Å². The van der Waals surface area contributed by atoms with Gasteiger partial charge in [-0.25, -0.2) is 8.96 Å². The van der Waals surface area contributed by atoms with Crippen LogP contribution in [0.3, 0.4) is 0 Å². The van der Waals surface area contributed by atoms with Gasteiger partial charge in [-0.3, -0.25) is 4.81 Å². The summed E-state index contributed by atoms with van der Waals surface area (Å²) < 4.78 is 16.4. The van der Waals surface area contributed by atoms with E-state index in [0.717, 1.165) is 18.7 Å². The molecule has 0 fully saturated rings. The van der Waals surface area contributed by atoms with Gasteiger partial charge in [-0.1, -0.05) is 32.9 Å². The predicted octanol–water partition coefficient (Wildman–Crippen LogP) is 4.50. The van der Waals surface area contributed by atoms with E-state index >= 15 is 0 Å². The molecule has 2 unspecified atom stereocenters. The molecular weight excluding hydrogens is 312 g/mol. The maximum atomic E-state index is 14.2. The maximum Gasteiger partial charge on any atom is 0.512 e. The molecule has 4 rings (SSSR count). The SMILES string of the molecule is CCC1(C)B2N(C)c3ccccc3N2c2ccc(F)c[n+]2C1(C)CC. The molecule has 0 N–H and O–H groups in total. The fourth-order valence-electron chi connectivity index (χ4n) is 5.11. The van der Waals surface area contributed by atoms with Gasteiger partial charge in [0.2, 0.25) is 0 Å². The van der Waals surface area contributed by atoms with Gasteiger partial charge in [0.25, 0.3) is 5.82 Å². The fourth-order valence-corrected chi connectivity index (χ4v) is 5.11. The number of halogens is 1. The average molecular weight is 338 g/mol. The van der Waals surface area contributed by atoms with Crippen LogP contribution in [0, 0.1) is 5.82 Å². The Morgan fingerprint density at radius 3 is 2.36 bits per heavy atom. The summed E-state index contributed by atoms with van der Waals surface area (Å²) >= 11 is 0. The van der Waals surface area contributed by atoms with Crippen molar-refractivity contribution in [2.45, 2.75) is 51.4 Å². The van der Waals surface area contributed by atoms with Gasteiger partial charge in [0, 0.05) is 6.07 Å². The molecule has 1 aromatic heterocycles. The average Bonchev–Trinajstić information content (AvgIpc) is 2.93. The molecule has 0 spiro atoms. The number of anilines is 3. The van der Waals surface area contributed by atoms with Crippen LogP contribution in [-0.4, -0.2) is 14.0 Å². The Labute approximate surface area is 150 Å². The van der Waals surface area contributed by atoms with E-state index in [-0.39, 0.29) is 23.7 Å². The van der Waals surface area contributed by atoms with E-state index in [4.69, 9.17) is 0 Å². The Bertz CT molecular complexity index is 841. The van der Waals surface area contributed by atoms with Crippen LogP contribution in [0.25, 0.3) is 0 Å². The summed E-state index contributed by atoms with van der Waals surface area (Å²) in [5.41, 5.74) is 2.27. The van der Waals surface area contributed by atoms with Gasteiger partial charge in [0.15, 0.2) is 5.82 Å². The molecule has 3 heterocycles. The molecule has 2 atom stereocenters. The number of hydrogen-bond acceptors (Lipinski definition) is 2. The van der Waals surface area contributed by atoms with Crippen LogP contribution in [-0.2, 0) is 5.54 Å². The van der Waals surface area contributed by atoms with Crippen molar-refractivity contribution in [3.05, 3.63) is 48.4 Å². The minimum atomic E-state index is -0.179. The Hall–Kier alpha value is -2.04. The third-order valence-electron chi connectivity index (χ3n) is 7.03. The van der Waals surface area contributed by atoms with E-state index in [1.54, 1.807) is 12.3 Å². The number of aromatic nitrogens is 1. The lowest BCUT2D eigenvalue weighted by Gasteiger charge is -2.51. The van der Waals surface area contributed by atoms with Crippen molar-refractivity contribution in [1.29, 1.82) is 0 Å². The van der Waals surface area contributed by atoms with E-state index in [1.807, 2.05) is 6.07 Å². The lowest BCUT2D eigenvalue weighted by atomic mass is 9.39. The summed E-state index contributed by atoms with van der Waals surface area (Å²) in [6.07, 6.45) is 3.65. The maximum absolute atomic E-state index is 14.2. The topological polar surface area (TPSA) is 10.4 Å². The van der Waals surface area contributed by atoms with Gasteiger partial charge in [-0.05, 0) is 45.0 Å². The Kier molecular flexibility index (Phi) is 3.44. The molecule has 0 amide bonds. The van der Waals surface area contributed by atoms with Crippen molar-refractivity contribution >= 4 is 24.2 Å². The molecule has 2 aliphatic heterocycles. The fraction of sp³-hybridized carbons (Fsp3) is 0.450. The van der Waals surface area contributed by atoms with E-state index < -0.39 is 0 Å². The second kappa shape index (κ2) is 5.23. The van der Waals surface area contributed by atoms with Crippen LogP contribution in [0.2, 0.25) is 5.31 Å². The lowest BCUT2D eigenvalue weighted by molar-refractivity contribution is -0.759. The van der Waals surface area contributed by atoms with Gasteiger partial charge in [0.1, 0.15) is 17.4 Å². The van der Waals surface area contributed by atoms with Crippen LogP contribution >= 0.6 is 0 Å². The van der Waals surface area contributed by atoms with Crippen molar-refractivity contribution in [2.24, 2.45) is 0 Å². The summed E-state index contributed by atoms with van der Waals surface area (Å²) in [7, 11) is 2.19. The molecule has 1 aromatic carbocycles. The standard InChI is InChI=1S/C20H26BFN3/c1-6-19(3)20(4,7-2)24-14-15(22)12-13-18(24)25-17-11-9-8-10-16(17)23(5)21(19)25/h8-14H,6-7H2,1-5H3/q+1. The van der Waals surface area contributed by atoms with E-state index in [0.29, 0.717) is 0 Å². The third-order valence-corrected chi connectivity index (χ3v) is 7.03. The summed E-state index contributed by atoms with van der Waals surface area (Å²) in [6.45, 7) is 9.33. The quantitative estimate of drug-likeness (QED) is 0.590. The normalized spacial score (nSPS) is 27.2. The van der Waals surface area contributed by atoms with Gasteiger partial charge < -0.3 is 4.81 Å².